The van der Waals surface area contributed by atoms with Crippen molar-refractivity contribution in [2.24, 2.45) is 0 Å². The van der Waals surface area contributed by atoms with Gasteiger partial charge in [0.2, 0.25) is 11.8 Å². The van der Waals surface area contributed by atoms with Crippen LogP contribution < -0.4 is 20.8 Å². The number of nitrogens with two attached hydrogens (primary N) is 1. The van der Waals surface area contributed by atoms with Crippen molar-refractivity contribution >= 4 is 32.6 Å². The second-order valence-electron chi connectivity index (χ2n) is 8.59. The number of nitrogens with one attached hydrogen (secondary N) is 1. The number of pyridine rings is 1. The summed E-state index contributed by atoms with van der Waals surface area (Å²) in [4.78, 5) is 21.3. The summed E-state index contributed by atoms with van der Waals surface area (Å²) in [5.74, 6) is -2.22. The van der Waals surface area contributed by atoms with Gasteiger partial charge in [-0.25, -0.2) is 31.7 Å². The Bertz CT molecular complexity index is 1930. The van der Waals surface area contributed by atoms with Gasteiger partial charge in [0.15, 0.2) is 0 Å². The molecule has 5 rings (SSSR count). The molecular formula is C27H21F2N5O4S. The number of sulfonamides is 1. The second kappa shape index (κ2) is 9.80. The highest BCUT2D eigenvalue weighted by molar-refractivity contribution is 7.92. The zero-order chi connectivity index (χ0) is 27.9. The Balaban J connectivity index is 1.61. The Kier molecular flexibility index (Phi) is 6.48. The Labute approximate surface area is 221 Å². The summed E-state index contributed by atoms with van der Waals surface area (Å²) in [6.45, 7) is 1.85. The van der Waals surface area contributed by atoms with Crippen molar-refractivity contribution < 1.29 is 21.9 Å². The van der Waals surface area contributed by atoms with E-state index in [1.807, 2.05) is 19.1 Å². The third-order valence-electron chi connectivity index (χ3n) is 6.06. The van der Waals surface area contributed by atoms with E-state index >= 15 is 0 Å². The molecule has 0 aliphatic carbocycles. The number of anilines is 2. The molecule has 0 aliphatic rings. The second-order valence-corrected chi connectivity index (χ2v) is 10.2. The average Bonchev–Trinajstić information content (AvgIpc) is 2.89. The van der Waals surface area contributed by atoms with Gasteiger partial charge in [0.05, 0.1) is 23.7 Å². The Hall–Kier alpha value is -4.84. The predicted molar refractivity (Wildman–Crippen MR) is 143 cm³/mol. The van der Waals surface area contributed by atoms with Crippen molar-refractivity contribution in [1.82, 2.24) is 14.5 Å². The lowest BCUT2D eigenvalue weighted by Crippen LogP contribution is -2.23. The van der Waals surface area contributed by atoms with E-state index in [9.17, 15) is 22.0 Å². The number of nitrogens with zero attached hydrogens (tertiary/aromatic N) is 3. The van der Waals surface area contributed by atoms with E-state index in [0.29, 0.717) is 28.4 Å². The number of hydrogen-bond donors (Lipinski definition) is 2. The van der Waals surface area contributed by atoms with E-state index in [1.165, 1.54) is 23.9 Å². The van der Waals surface area contributed by atoms with Crippen LogP contribution in [0.5, 0.6) is 5.88 Å². The van der Waals surface area contributed by atoms with E-state index < -0.39 is 26.6 Å². The Morgan fingerprint density at radius 3 is 2.49 bits per heavy atom. The highest BCUT2D eigenvalue weighted by Crippen LogP contribution is 2.31. The fourth-order valence-corrected chi connectivity index (χ4v) is 5.28. The molecule has 198 valence electrons. The molecule has 0 radical (unpaired) electrons. The van der Waals surface area contributed by atoms with Crippen molar-refractivity contribution in [3.8, 4) is 22.7 Å². The Morgan fingerprint density at radius 2 is 1.77 bits per heavy atom. The highest BCUT2D eigenvalue weighted by atomic mass is 32.2. The van der Waals surface area contributed by atoms with E-state index in [0.717, 1.165) is 17.7 Å². The summed E-state index contributed by atoms with van der Waals surface area (Å²) < 4.78 is 62.0. The fourth-order valence-electron chi connectivity index (χ4n) is 4.17. The topological polar surface area (TPSA) is 129 Å². The fraction of sp³-hybridized carbons (Fsp3) is 0.0741. The van der Waals surface area contributed by atoms with Gasteiger partial charge in [0, 0.05) is 17.8 Å². The minimum Gasteiger partial charge on any atom is -0.480 e. The minimum atomic E-state index is -4.47. The lowest BCUT2D eigenvalue weighted by molar-refractivity contribution is 0.400. The number of fused-ring (bicyclic) bond motifs is 1. The largest absolute Gasteiger partial charge is 0.480 e. The molecule has 0 saturated carbocycles. The molecule has 2 aromatic heterocycles. The van der Waals surface area contributed by atoms with Crippen LogP contribution in [0.1, 0.15) is 5.56 Å². The molecule has 2 heterocycles. The summed E-state index contributed by atoms with van der Waals surface area (Å²) in [7, 11) is -3.18. The summed E-state index contributed by atoms with van der Waals surface area (Å²) in [5.41, 5.74) is 8.40. The van der Waals surface area contributed by atoms with Gasteiger partial charge in [-0.15, -0.1) is 0 Å². The van der Waals surface area contributed by atoms with Crippen LogP contribution in [0.25, 0.3) is 27.7 Å². The van der Waals surface area contributed by atoms with Crippen LogP contribution >= 0.6 is 0 Å². The van der Waals surface area contributed by atoms with Gasteiger partial charge in [-0.1, -0.05) is 24.3 Å². The van der Waals surface area contributed by atoms with Crippen LogP contribution in [0, 0.1) is 18.6 Å². The maximum Gasteiger partial charge on any atom is 0.267 e. The van der Waals surface area contributed by atoms with Crippen molar-refractivity contribution in [3.63, 3.8) is 0 Å². The SMILES string of the molecule is COc1ncc(-c2ccc3nc(N)n(-c4ccccc4C)c(=O)c3c2)cc1NS(=O)(=O)c1ccc(F)cc1F. The molecule has 0 amide bonds. The number of aromatic nitrogens is 3. The quantitative estimate of drug-likeness (QED) is 0.321. The van der Waals surface area contributed by atoms with Gasteiger partial charge in [-0.05, 0) is 54.4 Å². The molecule has 0 unspecified atom stereocenters. The first-order valence-corrected chi connectivity index (χ1v) is 13.0. The van der Waals surface area contributed by atoms with Crippen molar-refractivity contribution in [2.75, 3.05) is 17.6 Å². The van der Waals surface area contributed by atoms with Gasteiger partial charge in [-0.3, -0.25) is 9.52 Å². The first-order valence-electron chi connectivity index (χ1n) is 11.5. The lowest BCUT2D eigenvalue weighted by Gasteiger charge is -2.14. The normalized spacial score (nSPS) is 11.5. The number of hydrogen-bond acceptors (Lipinski definition) is 7. The monoisotopic (exact) mass is 549 g/mol. The summed E-state index contributed by atoms with van der Waals surface area (Å²) in [5, 5.41) is 0.274. The van der Waals surface area contributed by atoms with Crippen LogP contribution in [0.3, 0.4) is 0 Å². The standard InChI is InChI=1S/C27H21F2N5O4S/c1-15-5-3-4-6-23(15)34-26(35)19-11-16(7-9-21(19)32-27(34)30)17-12-22(25(38-2)31-14-17)33-39(36,37)24-10-8-18(28)13-20(24)29/h3-14,33H,1-2H3,(H2,30,32). The molecule has 3 aromatic carbocycles. The summed E-state index contributed by atoms with van der Waals surface area (Å²) in [6, 6.07) is 15.7. The van der Waals surface area contributed by atoms with E-state index in [4.69, 9.17) is 10.5 Å². The number of halogens is 2. The predicted octanol–water partition coefficient (Wildman–Crippen LogP) is 4.43. The van der Waals surface area contributed by atoms with Gasteiger partial charge in [0.25, 0.3) is 15.6 Å². The average molecular weight is 550 g/mol. The number of nitrogen functional groups attached to an aromatic ring is 1. The molecule has 9 nitrogen and oxygen atoms in total. The van der Waals surface area contributed by atoms with E-state index in [1.54, 1.807) is 30.3 Å². The first kappa shape index (κ1) is 25.8. The number of aryl methyl sites for hydroxylation is 1. The zero-order valence-electron chi connectivity index (χ0n) is 20.6. The maximum absolute atomic E-state index is 14.2. The van der Waals surface area contributed by atoms with Gasteiger partial charge in [-0.2, -0.15) is 0 Å². The summed E-state index contributed by atoms with van der Waals surface area (Å²) in [6.07, 6.45) is 1.43. The summed E-state index contributed by atoms with van der Waals surface area (Å²) >= 11 is 0. The van der Waals surface area contributed by atoms with Crippen LogP contribution in [-0.4, -0.2) is 30.1 Å². The smallest absolute Gasteiger partial charge is 0.267 e. The zero-order valence-corrected chi connectivity index (χ0v) is 21.5. The van der Waals surface area contributed by atoms with Gasteiger partial charge in [0.1, 0.15) is 22.2 Å². The van der Waals surface area contributed by atoms with Crippen LogP contribution in [0.4, 0.5) is 20.4 Å². The molecule has 0 spiro atoms. The number of ether oxygens (including phenoxy) is 1. The minimum absolute atomic E-state index is 0.0328. The Morgan fingerprint density at radius 1 is 1.00 bits per heavy atom. The third-order valence-corrected chi connectivity index (χ3v) is 7.45. The van der Waals surface area contributed by atoms with E-state index in [-0.39, 0.29) is 28.5 Å². The molecule has 0 saturated heterocycles. The lowest BCUT2D eigenvalue weighted by atomic mass is 10.0. The number of benzene rings is 3. The highest BCUT2D eigenvalue weighted by Gasteiger charge is 2.22. The molecule has 5 aromatic rings. The number of para-hydroxylation sites is 1. The molecule has 12 heteroatoms. The molecule has 0 aliphatic heterocycles. The van der Waals surface area contributed by atoms with Crippen LogP contribution in [0.15, 0.2) is 82.6 Å². The van der Waals surface area contributed by atoms with Gasteiger partial charge >= 0.3 is 0 Å². The number of rotatable bonds is 6. The van der Waals surface area contributed by atoms with Crippen LogP contribution in [-0.2, 0) is 10.0 Å². The first-order chi connectivity index (χ1) is 18.6. The number of methoxy groups -OCH3 is 1. The third kappa shape index (κ3) is 4.77. The maximum atomic E-state index is 14.2. The van der Waals surface area contributed by atoms with E-state index in [2.05, 4.69) is 14.7 Å². The molecule has 0 bridgehead atoms. The van der Waals surface area contributed by atoms with Crippen molar-refractivity contribution in [3.05, 3.63) is 100 Å². The molecule has 0 atom stereocenters. The molecule has 3 N–H and O–H groups in total. The molecule has 39 heavy (non-hydrogen) atoms. The van der Waals surface area contributed by atoms with Crippen molar-refractivity contribution in [1.29, 1.82) is 0 Å². The molecular weight excluding hydrogens is 528 g/mol. The van der Waals surface area contributed by atoms with Crippen molar-refractivity contribution in [2.45, 2.75) is 11.8 Å². The van der Waals surface area contributed by atoms with Gasteiger partial charge < -0.3 is 10.5 Å². The van der Waals surface area contributed by atoms with Crippen LogP contribution in [0.2, 0.25) is 0 Å². The molecule has 0 fully saturated rings.